The maximum atomic E-state index is 6.05. The second-order valence-corrected chi connectivity index (χ2v) is 6.74. The summed E-state index contributed by atoms with van der Waals surface area (Å²) >= 11 is 0. The van der Waals surface area contributed by atoms with E-state index >= 15 is 0 Å². The van der Waals surface area contributed by atoms with E-state index in [2.05, 4.69) is 23.3 Å². The van der Waals surface area contributed by atoms with Crippen LogP contribution in [0.15, 0.2) is 54.6 Å². The van der Waals surface area contributed by atoms with Crippen LogP contribution in [0.5, 0.6) is 11.5 Å². The molecule has 1 aliphatic rings. The Balaban J connectivity index is 1.66. The number of nitrogens with zero attached hydrogens (tertiary/aromatic N) is 2. The highest BCUT2D eigenvalue weighted by atomic mass is 16.7. The summed E-state index contributed by atoms with van der Waals surface area (Å²) in [5.74, 6) is 1.41. The summed E-state index contributed by atoms with van der Waals surface area (Å²) < 4.78 is 19.2. The molecule has 1 atom stereocenters. The SMILES string of the molecule is COc1ccc(-c2cc(C)nn2Cc2ccccc2)cc1OC1CCCO1. The van der Waals surface area contributed by atoms with Crippen LogP contribution in [0, 0.1) is 6.92 Å². The van der Waals surface area contributed by atoms with Gasteiger partial charge >= 0.3 is 0 Å². The maximum Gasteiger partial charge on any atom is 0.200 e. The molecule has 3 aromatic rings. The van der Waals surface area contributed by atoms with Crippen molar-refractivity contribution in [1.29, 1.82) is 0 Å². The Bertz CT molecular complexity index is 899. The molecule has 2 aromatic carbocycles. The van der Waals surface area contributed by atoms with E-state index < -0.39 is 0 Å². The van der Waals surface area contributed by atoms with Crippen LogP contribution in [0.3, 0.4) is 0 Å². The smallest absolute Gasteiger partial charge is 0.200 e. The van der Waals surface area contributed by atoms with E-state index in [4.69, 9.17) is 14.2 Å². The molecule has 1 saturated heterocycles. The molecule has 1 fully saturated rings. The molecule has 0 N–H and O–H groups in total. The van der Waals surface area contributed by atoms with E-state index in [1.165, 1.54) is 5.56 Å². The Morgan fingerprint density at radius 3 is 2.70 bits per heavy atom. The van der Waals surface area contributed by atoms with Crippen LogP contribution in [0.4, 0.5) is 0 Å². The second kappa shape index (κ2) is 7.84. The van der Waals surface area contributed by atoms with Gasteiger partial charge in [-0.1, -0.05) is 30.3 Å². The average Bonchev–Trinajstić information content (AvgIpc) is 3.32. The largest absolute Gasteiger partial charge is 0.493 e. The molecular weight excluding hydrogens is 340 g/mol. The fourth-order valence-electron chi connectivity index (χ4n) is 3.37. The summed E-state index contributed by atoms with van der Waals surface area (Å²) in [6.07, 6.45) is 1.72. The van der Waals surface area contributed by atoms with Gasteiger partial charge in [-0.25, -0.2) is 0 Å². The molecule has 0 spiro atoms. The third-order valence-electron chi connectivity index (χ3n) is 4.68. The van der Waals surface area contributed by atoms with Gasteiger partial charge < -0.3 is 14.2 Å². The van der Waals surface area contributed by atoms with Crippen LogP contribution in [-0.4, -0.2) is 29.8 Å². The lowest BCUT2D eigenvalue weighted by Gasteiger charge is -2.17. The number of hydrogen-bond acceptors (Lipinski definition) is 4. The van der Waals surface area contributed by atoms with Crippen LogP contribution in [0.25, 0.3) is 11.3 Å². The first-order chi connectivity index (χ1) is 13.2. The molecule has 5 nitrogen and oxygen atoms in total. The van der Waals surface area contributed by atoms with Gasteiger partial charge in [0.05, 0.1) is 31.6 Å². The summed E-state index contributed by atoms with van der Waals surface area (Å²) in [4.78, 5) is 0. The van der Waals surface area contributed by atoms with Gasteiger partial charge in [0.15, 0.2) is 17.8 Å². The Labute approximate surface area is 159 Å². The molecular formula is C22H24N2O3. The van der Waals surface area contributed by atoms with Crippen LogP contribution in [0.1, 0.15) is 24.1 Å². The quantitative estimate of drug-likeness (QED) is 0.649. The summed E-state index contributed by atoms with van der Waals surface area (Å²) in [6.45, 7) is 3.48. The molecule has 0 saturated carbocycles. The molecule has 0 radical (unpaired) electrons. The monoisotopic (exact) mass is 364 g/mol. The van der Waals surface area contributed by atoms with E-state index in [1.54, 1.807) is 7.11 Å². The highest BCUT2D eigenvalue weighted by Gasteiger charge is 2.20. The van der Waals surface area contributed by atoms with Gasteiger partial charge in [-0.15, -0.1) is 0 Å². The number of benzene rings is 2. The Morgan fingerprint density at radius 2 is 1.96 bits per heavy atom. The minimum atomic E-state index is -0.204. The highest BCUT2D eigenvalue weighted by Crippen LogP contribution is 2.34. The van der Waals surface area contributed by atoms with Crippen LogP contribution in [0.2, 0.25) is 0 Å². The van der Waals surface area contributed by atoms with Crippen molar-refractivity contribution in [3.63, 3.8) is 0 Å². The van der Waals surface area contributed by atoms with Crippen molar-refractivity contribution in [2.75, 3.05) is 13.7 Å². The molecule has 4 rings (SSSR count). The van der Waals surface area contributed by atoms with Gasteiger partial charge in [0.2, 0.25) is 0 Å². The van der Waals surface area contributed by atoms with Crippen molar-refractivity contribution >= 4 is 0 Å². The molecule has 0 amide bonds. The first kappa shape index (κ1) is 17.6. The third-order valence-corrected chi connectivity index (χ3v) is 4.68. The van der Waals surface area contributed by atoms with E-state index in [0.29, 0.717) is 11.5 Å². The lowest BCUT2D eigenvalue weighted by Crippen LogP contribution is -2.14. The minimum absolute atomic E-state index is 0.204. The lowest BCUT2D eigenvalue weighted by atomic mass is 10.1. The first-order valence-electron chi connectivity index (χ1n) is 9.28. The zero-order chi connectivity index (χ0) is 18.6. The highest BCUT2D eigenvalue weighted by molar-refractivity contribution is 5.65. The van der Waals surface area contributed by atoms with Crippen LogP contribution in [-0.2, 0) is 11.3 Å². The van der Waals surface area contributed by atoms with E-state index in [-0.39, 0.29) is 6.29 Å². The molecule has 5 heteroatoms. The molecule has 1 aromatic heterocycles. The van der Waals surface area contributed by atoms with Crippen molar-refractivity contribution in [2.24, 2.45) is 0 Å². The van der Waals surface area contributed by atoms with Crippen LogP contribution >= 0.6 is 0 Å². The van der Waals surface area contributed by atoms with Crippen molar-refractivity contribution in [1.82, 2.24) is 9.78 Å². The van der Waals surface area contributed by atoms with Gasteiger partial charge in [0.25, 0.3) is 0 Å². The van der Waals surface area contributed by atoms with E-state index in [1.807, 2.05) is 48.0 Å². The summed E-state index contributed by atoms with van der Waals surface area (Å²) in [5, 5.41) is 4.68. The maximum absolute atomic E-state index is 6.05. The Kier molecular flexibility index (Phi) is 5.12. The Hall–Kier alpha value is -2.79. The number of rotatable bonds is 6. The standard InChI is InChI=1S/C22H24N2O3/c1-16-13-19(24(23-16)15-17-7-4-3-5-8-17)18-10-11-20(25-2)21(14-18)27-22-9-6-12-26-22/h3-5,7-8,10-11,13-14,22H,6,9,12,15H2,1-2H3. The Morgan fingerprint density at radius 1 is 1.11 bits per heavy atom. The number of aromatic nitrogens is 2. The summed E-state index contributed by atoms with van der Waals surface area (Å²) in [5.41, 5.74) is 4.29. The molecule has 27 heavy (non-hydrogen) atoms. The molecule has 0 bridgehead atoms. The molecule has 0 aliphatic carbocycles. The molecule has 2 heterocycles. The first-order valence-corrected chi connectivity index (χ1v) is 9.28. The van der Waals surface area contributed by atoms with Gasteiger partial charge in [0, 0.05) is 12.0 Å². The normalized spacial score (nSPS) is 16.4. The molecule has 140 valence electrons. The van der Waals surface area contributed by atoms with Crippen molar-refractivity contribution in [3.8, 4) is 22.8 Å². The van der Waals surface area contributed by atoms with Crippen LogP contribution < -0.4 is 9.47 Å². The molecule has 1 aliphatic heterocycles. The van der Waals surface area contributed by atoms with Gasteiger partial charge in [-0.3, -0.25) is 4.68 Å². The number of ether oxygens (including phenoxy) is 3. The average molecular weight is 364 g/mol. The minimum Gasteiger partial charge on any atom is -0.493 e. The number of aryl methyl sites for hydroxylation is 1. The zero-order valence-corrected chi connectivity index (χ0v) is 15.7. The van der Waals surface area contributed by atoms with Gasteiger partial charge in [0.1, 0.15) is 0 Å². The topological polar surface area (TPSA) is 45.5 Å². The zero-order valence-electron chi connectivity index (χ0n) is 15.7. The van der Waals surface area contributed by atoms with Crippen molar-refractivity contribution < 1.29 is 14.2 Å². The van der Waals surface area contributed by atoms with Gasteiger partial charge in [-0.05, 0) is 43.2 Å². The van der Waals surface area contributed by atoms with Gasteiger partial charge in [-0.2, -0.15) is 5.10 Å². The van der Waals surface area contributed by atoms with E-state index in [0.717, 1.165) is 42.9 Å². The second-order valence-electron chi connectivity index (χ2n) is 6.74. The predicted octanol–water partition coefficient (Wildman–Crippen LogP) is 4.43. The summed E-state index contributed by atoms with van der Waals surface area (Å²) in [7, 11) is 1.65. The van der Waals surface area contributed by atoms with E-state index in [9.17, 15) is 0 Å². The fraction of sp³-hybridized carbons (Fsp3) is 0.318. The van der Waals surface area contributed by atoms with Crippen molar-refractivity contribution in [2.45, 2.75) is 32.6 Å². The molecule has 1 unspecified atom stereocenters. The predicted molar refractivity (Wildman–Crippen MR) is 104 cm³/mol. The fourth-order valence-corrected chi connectivity index (χ4v) is 3.37. The van der Waals surface area contributed by atoms with Crippen molar-refractivity contribution in [3.05, 3.63) is 65.9 Å². The summed E-state index contributed by atoms with van der Waals surface area (Å²) in [6, 6.07) is 18.4. The number of methoxy groups -OCH3 is 1. The third kappa shape index (κ3) is 3.98. The number of hydrogen-bond donors (Lipinski definition) is 0. The lowest BCUT2D eigenvalue weighted by molar-refractivity contribution is -0.0402.